The van der Waals surface area contributed by atoms with E-state index in [1.54, 1.807) is 6.07 Å². The van der Waals surface area contributed by atoms with Crippen molar-refractivity contribution in [2.75, 3.05) is 0 Å². The van der Waals surface area contributed by atoms with E-state index in [9.17, 15) is 4.39 Å². The van der Waals surface area contributed by atoms with Gasteiger partial charge in [-0.15, -0.1) is 22.9 Å². The second-order valence-corrected chi connectivity index (χ2v) is 6.17. The molecule has 0 radical (unpaired) electrons. The molecule has 2 aromatic rings. The van der Waals surface area contributed by atoms with Crippen LogP contribution in [0.15, 0.2) is 24.3 Å². The van der Waals surface area contributed by atoms with E-state index in [1.165, 1.54) is 23.5 Å². The highest BCUT2D eigenvalue weighted by atomic mass is 35.5. The highest BCUT2D eigenvalue weighted by molar-refractivity contribution is 7.16. The van der Waals surface area contributed by atoms with Crippen molar-refractivity contribution in [1.29, 1.82) is 0 Å². The number of rotatable bonds is 2. The largest absolute Gasteiger partial charge is 0.205 e. The van der Waals surface area contributed by atoms with Crippen molar-refractivity contribution >= 4 is 46.1 Å². The summed E-state index contributed by atoms with van der Waals surface area (Å²) in [6.45, 7) is 1.92. The summed E-state index contributed by atoms with van der Waals surface area (Å²) < 4.78 is 13.8. The van der Waals surface area contributed by atoms with Gasteiger partial charge in [0.05, 0.1) is 14.7 Å². The summed E-state index contributed by atoms with van der Waals surface area (Å²) in [5.41, 5.74) is 1.75. The first-order valence-corrected chi connectivity index (χ1v) is 6.85. The van der Waals surface area contributed by atoms with Crippen molar-refractivity contribution in [3.63, 3.8) is 0 Å². The number of aryl methyl sites for hydroxylation is 1. The second kappa shape index (κ2) is 5.15. The molecule has 0 nitrogen and oxygen atoms in total. The Hall–Kier alpha value is -0.280. The third-order valence-corrected chi connectivity index (χ3v) is 4.89. The molecule has 0 saturated heterocycles. The lowest BCUT2D eigenvalue weighted by atomic mass is 10.1. The van der Waals surface area contributed by atoms with Gasteiger partial charge < -0.3 is 0 Å². The fourth-order valence-corrected chi connectivity index (χ4v) is 3.19. The summed E-state index contributed by atoms with van der Waals surface area (Å²) in [7, 11) is 0. The Morgan fingerprint density at radius 3 is 2.47 bits per heavy atom. The highest BCUT2D eigenvalue weighted by Gasteiger charge is 2.16. The lowest BCUT2D eigenvalue weighted by Crippen LogP contribution is -1.91. The molecule has 1 atom stereocenters. The fourth-order valence-electron chi connectivity index (χ4n) is 1.44. The lowest BCUT2D eigenvalue weighted by Gasteiger charge is -2.08. The number of hydrogen-bond donors (Lipinski definition) is 0. The number of alkyl halides is 1. The molecule has 0 aliphatic rings. The average molecular weight is 310 g/mol. The molecule has 90 valence electrons. The molecule has 2 rings (SSSR count). The van der Waals surface area contributed by atoms with Crippen LogP contribution in [0.1, 0.15) is 21.4 Å². The molecule has 0 fully saturated rings. The summed E-state index contributed by atoms with van der Waals surface area (Å²) in [6, 6.07) is 6.41. The van der Waals surface area contributed by atoms with Gasteiger partial charge in [-0.1, -0.05) is 29.3 Å². The van der Waals surface area contributed by atoms with Gasteiger partial charge >= 0.3 is 0 Å². The van der Waals surface area contributed by atoms with Crippen LogP contribution in [0.25, 0.3) is 0 Å². The van der Waals surface area contributed by atoms with Crippen LogP contribution in [-0.2, 0) is 0 Å². The van der Waals surface area contributed by atoms with Crippen LogP contribution in [0.5, 0.6) is 0 Å². The van der Waals surface area contributed by atoms with Crippen LogP contribution in [0.4, 0.5) is 4.39 Å². The molecule has 0 spiro atoms. The topological polar surface area (TPSA) is 0 Å². The van der Waals surface area contributed by atoms with Gasteiger partial charge in [0.1, 0.15) is 5.82 Å². The predicted molar refractivity (Wildman–Crippen MR) is 73.2 cm³/mol. The molecule has 0 aliphatic heterocycles. The molecule has 0 bridgehead atoms. The lowest BCUT2D eigenvalue weighted by molar-refractivity contribution is 0.627. The summed E-state index contributed by atoms with van der Waals surface area (Å²) in [4.78, 5) is 0.928. The maximum absolute atomic E-state index is 13.0. The van der Waals surface area contributed by atoms with Gasteiger partial charge in [-0.25, -0.2) is 4.39 Å². The van der Waals surface area contributed by atoms with Gasteiger partial charge in [0.2, 0.25) is 0 Å². The monoisotopic (exact) mass is 308 g/mol. The van der Waals surface area contributed by atoms with Crippen molar-refractivity contribution in [3.8, 4) is 0 Å². The Balaban J connectivity index is 2.36. The molecule has 0 aliphatic carbocycles. The molecule has 1 aromatic heterocycles. The number of benzene rings is 1. The Labute approximate surface area is 118 Å². The maximum atomic E-state index is 13.0. The molecule has 1 aromatic carbocycles. The van der Waals surface area contributed by atoms with E-state index in [0.717, 1.165) is 20.3 Å². The summed E-state index contributed by atoms with van der Waals surface area (Å²) in [6.07, 6.45) is 0. The zero-order valence-electron chi connectivity index (χ0n) is 8.81. The molecular weight excluding hydrogens is 302 g/mol. The molecular formula is C12H8Cl3FS. The zero-order valence-corrected chi connectivity index (χ0v) is 11.9. The molecule has 0 saturated carbocycles. The summed E-state index contributed by atoms with van der Waals surface area (Å²) >= 11 is 19.5. The third-order valence-electron chi connectivity index (χ3n) is 2.36. The van der Waals surface area contributed by atoms with Crippen LogP contribution >= 0.6 is 46.1 Å². The maximum Gasteiger partial charge on any atom is 0.141 e. The van der Waals surface area contributed by atoms with Gasteiger partial charge in [-0.2, -0.15) is 0 Å². The van der Waals surface area contributed by atoms with Crippen LogP contribution in [0, 0.1) is 12.7 Å². The van der Waals surface area contributed by atoms with E-state index < -0.39 is 5.82 Å². The van der Waals surface area contributed by atoms with Gasteiger partial charge in [0.25, 0.3) is 0 Å². The second-order valence-electron chi connectivity index (χ2n) is 3.64. The fraction of sp³-hybridized carbons (Fsp3) is 0.167. The third kappa shape index (κ3) is 2.76. The Bertz CT molecular complexity index is 531. The van der Waals surface area contributed by atoms with E-state index in [0.29, 0.717) is 0 Å². The Kier molecular flexibility index (Phi) is 3.99. The summed E-state index contributed by atoms with van der Waals surface area (Å²) in [5.74, 6) is -0.445. The quantitative estimate of drug-likeness (QED) is 0.612. The number of hydrogen-bond acceptors (Lipinski definition) is 1. The molecule has 17 heavy (non-hydrogen) atoms. The standard InChI is InChI=1S/C12H8Cl3FS/c1-6-4-10(17-12(6)15)11(14)7-2-3-9(16)8(13)5-7/h2-5,11H,1H3. The van der Waals surface area contributed by atoms with Crippen molar-refractivity contribution in [1.82, 2.24) is 0 Å². The first-order chi connectivity index (χ1) is 7.99. The van der Waals surface area contributed by atoms with Crippen molar-refractivity contribution in [2.45, 2.75) is 12.3 Å². The first kappa shape index (κ1) is 13.2. The van der Waals surface area contributed by atoms with Crippen LogP contribution < -0.4 is 0 Å². The number of thiophene rings is 1. The van der Waals surface area contributed by atoms with Crippen LogP contribution in [0.2, 0.25) is 9.36 Å². The molecule has 0 N–H and O–H groups in total. The van der Waals surface area contributed by atoms with Crippen molar-refractivity contribution in [2.24, 2.45) is 0 Å². The Morgan fingerprint density at radius 1 is 1.24 bits per heavy atom. The smallest absolute Gasteiger partial charge is 0.141 e. The number of halogens is 4. The predicted octanol–water partition coefficient (Wildman–Crippen LogP) is 5.83. The molecule has 1 heterocycles. The molecule has 5 heteroatoms. The van der Waals surface area contributed by atoms with E-state index in [4.69, 9.17) is 34.8 Å². The Morgan fingerprint density at radius 2 is 1.94 bits per heavy atom. The van der Waals surface area contributed by atoms with Gasteiger partial charge in [0, 0.05) is 4.88 Å². The minimum Gasteiger partial charge on any atom is -0.205 e. The normalized spacial score (nSPS) is 12.8. The molecule has 1 unspecified atom stereocenters. The van der Waals surface area contributed by atoms with Gasteiger partial charge in [0.15, 0.2) is 0 Å². The highest BCUT2D eigenvalue weighted by Crippen LogP contribution is 2.38. The first-order valence-electron chi connectivity index (χ1n) is 4.84. The van der Waals surface area contributed by atoms with Gasteiger partial charge in [-0.05, 0) is 36.2 Å². The van der Waals surface area contributed by atoms with Gasteiger partial charge in [-0.3, -0.25) is 0 Å². The van der Waals surface area contributed by atoms with Crippen molar-refractivity contribution in [3.05, 3.63) is 55.4 Å². The van der Waals surface area contributed by atoms with Crippen LogP contribution in [0.3, 0.4) is 0 Å². The summed E-state index contributed by atoms with van der Waals surface area (Å²) in [5, 5.41) is -0.281. The van der Waals surface area contributed by atoms with E-state index in [1.807, 2.05) is 13.0 Å². The van der Waals surface area contributed by atoms with E-state index in [2.05, 4.69) is 0 Å². The average Bonchev–Trinajstić information content (AvgIpc) is 2.62. The molecule has 0 amide bonds. The van der Waals surface area contributed by atoms with Crippen LogP contribution in [-0.4, -0.2) is 0 Å². The zero-order chi connectivity index (χ0) is 12.6. The van der Waals surface area contributed by atoms with E-state index >= 15 is 0 Å². The minimum atomic E-state index is -0.445. The minimum absolute atomic E-state index is 0.0764. The van der Waals surface area contributed by atoms with E-state index in [-0.39, 0.29) is 10.4 Å². The SMILES string of the molecule is Cc1cc(C(Cl)c2ccc(F)c(Cl)c2)sc1Cl. The van der Waals surface area contributed by atoms with Crippen molar-refractivity contribution < 1.29 is 4.39 Å².